The largest absolute Gasteiger partial charge is 0.493 e. The van der Waals surface area contributed by atoms with Crippen LogP contribution in [0, 0.1) is 0 Å². The lowest BCUT2D eigenvalue weighted by atomic mass is 10.1. The van der Waals surface area contributed by atoms with Crippen LogP contribution in [-0.4, -0.2) is 33.6 Å². The molecule has 0 N–H and O–H groups in total. The van der Waals surface area contributed by atoms with Gasteiger partial charge in [0.15, 0.2) is 22.9 Å². The molecule has 4 aromatic rings. The molecular weight excluding hydrogens is 414 g/mol. The Hall–Kier alpha value is -3.52. The number of carbonyl (C=O) groups is 2. The summed E-state index contributed by atoms with van der Waals surface area (Å²) in [5, 5.41) is 6.99. The smallest absolute Gasteiger partial charge is 0.344 e. The average molecular weight is 436 g/mol. The summed E-state index contributed by atoms with van der Waals surface area (Å²) in [7, 11) is 1.46. The summed E-state index contributed by atoms with van der Waals surface area (Å²) >= 11 is 1.54. The van der Waals surface area contributed by atoms with Crippen molar-refractivity contribution in [2.24, 2.45) is 0 Å². The van der Waals surface area contributed by atoms with Gasteiger partial charge in [0.1, 0.15) is 0 Å². The number of rotatable bonds is 6. The van der Waals surface area contributed by atoms with Crippen LogP contribution in [0.5, 0.6) is 11.5 Å². The van der Waals surface area contributed by atoms with E-state index < -0.39 is 5.97 Å². The molecule has 0 spiro atoms. The number of ketones is 1. The van der Waals surface area contributed by atoms with E-state index in [1.807, 2.05) is 31.4 Å². The van der Waals surface area contributed by atoms with Crippen molar-refractivity contribution in [3.63, 3.8) is 0 Å². The number of Topliss-reactive ketones (excluding diaryl/α,β-unsaturated/α-hetero) is 1. The van der Waals surface area contributed by atoms with Crippen LogP contribution in [0.15, 0.2) is 48.0 Å². The van der Waals surface area contributed by atoms with Crippen molar-refractivity contribution in [1.29, 1.82) is 0 Å². The summed E-state index contributed by atoms with van der Waals surface area (Å²) in [6.45, 7) is 5.48. The molecule has 0 aliphatic carbocycles. The van der Waals surface area contributed by atoms with Crippen LogP contribution in [0.25, 0.3) is 21.6 Å². The number of esters is 1. The van der Waals surface area contributed by atoms with E-state index in [9.17, 15) is 9.59 Å². The maximum atomic E-state index is 13.2. The fraction of sp³-hybridized carbons (Fsp3) is 0.217. The number of pyridine rings is 1. The Morgan fingerprint density at radius 1 is 1.13 bits per heavy atom. The first-order valence-corrected chi connectivity index (χ1v) is 10.6. The van der Waals surface area contributed by atoms with Crippen LogP contribution in [0.2, 0.25) is 0 Å². The number of thiophene rings is 1. The maximum Gasteiger partial charge on any atom is 0.344 e. The monoisotopic (exact) mass is 435 g/mol. The molecule has 4 rings (SSSR count). The van der Waals surface area contributed by atoms with E-state index in [1.165, 1.54) is 25.4 Å². The normalized spacial score (nSPS) is 11.1. The lowest BCUT2D eigenvalue weighted by molar-refractivity contribution is 0.0731. The van der Waals surface area contributed by atoms with Crippen molar-refractivity contribution < 1.29 is 19.1 Å². The molecule has 3 aromatic heterocycles. The summed E-state index contributed by atoms with van der Waals surface area (Å²) in [5.74, 6) is -0.116. The summed E-state index contributed by atoms with van der Waals surface area (Å²) < 4.78 is 12.8. The fourth-order valence-electron chi connectivity index (χ4n) is 3.24. The van der Waals surface area contributed by atoms with Gasteiger partial charge in [-0.25, -0.2) is 14.5 Å². The number of fused-ring (bicyclic) bond motifs is 1. The van der Waals surface area contributed by atoms with Gasteiger partial charge in [0.25, 0.3) is 0 Å². The van der Waals surface area contributed by atoms with Gasteiger partial charge in [-0.1, -0.05) is 6.07 Å². The molecule has 1 aromatic carbocycles. The second-order valence-corrected chi connectivity index (χ2v) is 8.21. The minimum Gasteiger partial charge on any atom is -0.493 e. The average Bonchev–Trinajstić information content (AvgIpc) is 3.43. The van der Waals surface area contributed by atoms with Crippen molar-refractivity contribution in [2.45, 2.75) is 26.8 Å². The van der Waals surface area contributed by atoms with Gasteiger partial charge in [-0.2, -0.15) is 5.10 Å². The predicted octanol–water partition coefficient (Wildman–Crippen LogP) is 5.17. The molecule has 0 bridgehead atoms. The summed E-state index contributed by atoms with van der Waals surface area (Å²) in [4.78, 5) is 30.5. The Bertz CT molecular complexity index is 1280. The number of carbonyl (C=O) groups excluding carboxylic acids is 2. The molecule has 158 valence electrons. The number of aromatic nitrogens is 3. The standard InChI is InChI=1S/C23H21N3O4S/c1-13(2)26-22-17(12-24-26)16(11-18(25-22)21-6-5-9-31-21)23(28)30-19-8-7-15(14(3)27)10-20(19)29-4/h5-13H,1-4H3. The molecule has 0 saturated carbocycles. The van der Waals surface area contributed by atoms with E-state index in [-0.39, 0.29) is 17.6 Å². The molecule has 0 aliphatic heterocycles. The molecule has 7 nitrogen and oxygen atoms in total. The number of ether oxygens (including phenoxy) is 2. The first-order valence-electron chi connectivity index (χ1n) is 9.72. The second-order valence-electron chi connectivity index (χ2n) is 7.26. The highest BCUT2D eigenvalue weighted by Crippen LogP contribution is 2.32. The van der Waals surface area contributed by atoms with Crippen LogP contribution in [0.4, 0.5) is 0 Å². The van der Waals surface area contributed by atoms with Crippen LogP contribution in [0.1, 0.15) is 47.5 Å². The predicted molar refractivity (Wildman–Crippen MR) is 119 cm³/mol. The highest BCUT2D eigenvalue weighted by molar-refractivity contribution is 7.13. The molecule has 31 heavy (non-hydrogen) atoms. The van der Waals surface area contributed by atoms with Gasteiger partial charge < -0.3 is 9.47 Å². The summed E-state index contributed by atoms with van der Waals surface area (Å²) in [6, 6.07) is 10.4. The third-order valence-electron chi connectivity index (χ3n) is 4.82. The Labute approximate surface area is 183 Å². The molecule has 3 heterocycles. The van der Waals surface area contributed by atoms with E-state index in [0.29, 0.717) is 33.6 Å². The highest BCUT2D eigenvalue weighted by atomic mass is 32.1. The zero-order valence-corrected chi connectivity index (χ0v) is 18.4. The first kappa shape index (κ1) is 20.7. The van der Waals surface area contributed by atoms with Crippen molar-refractivity contribution in [3.05, 3.63) is 59.1 Å². The van der Waals surface area contributed by atoms with Gasteiger partial charge >= 0.3 is 5.97 Å². The van der Waals surface area contributed by atoms with E-state index >= 15 is 0 Å². The SMILES string of the molecule is COc1cc(C(C)=O)ccc1OC(=O)c1cc(-c2cccs2)nc2c1cnn2C(C)C. The minimum absolute atomic E-state index is 0.0756. The topological polar surface area (TPSA) is 83.3 Å². The number of hydrogen-bond donors (Lipinski definition) is 0. The van der Waals surface area contributed by atoms with Crippen LogP contribution in [-0.2, 0) is 0 Å². The quantitative estimate of drug-likeness (QED) is 0.236. The Morgan fingerprint density at radius 3 is 2.58 bits per heavy atom. The lowest BCUT2D eigenvalue weighted by Crippen LogP contribution is -2.11. The van der Waals surface area contributed by atoms with Gasteiger partial charge in [0.2, 0.25) is 0 Å². The van der Waals surface area contributed by atoms with Gasteiger partial charge in [-0.05, 0) is 56.5 Å². The van der Waals surface area contributed by atoms with Gasteiger partial charge in [0, 0.05) is 11.6 Å². The Morgan fingerprint density at radius 2 is 1.94 bits per heavy atom. The maximum absolute atomic E-state index is 13.2. The fourth-order valence-corrected chi connectivity index (χ4v) is 3.93. The van der Waals surface area contributed by atoms with E-state index in [0.717, 1.165) is 4.88 Å². The van der Waals surface area contributed by atoms with Crippen molar-refractivity contribution in [2.75, 3.05) is 7.11 Å². The first-order chi connectivity index (χ1) is 14.9. The Balaban J connectivity index is 1.80. The van der Waals surface area contributed by atoms with Crippen LogP contribution >= 0.6 is 11.3 Å². The van der Waals surface area contributed by atoms with E-state index in [4.69, 9.17) is 14.5 Å². The number of nitrogens with zero attached hydrogens (tertiary/aromatic N) is 3. The Kier molecular flexibility index (Phi) is 5.56. The third kappa shape index (κ3) is 3.94. The van der Waals surface area contributed by atoms with Gasteiger partial charge in [0.05, 0.1) is 34.8 Å². The highest BCUT2D eigenvalue weighted by Gasteiger charge is 2.21. The zero-order valence-electron chi connectivity index (χ0n) is 17.6. The minimum atomic E-state index is -0.553. The molecule has 0 radical (unpaired) electrons. The molecule has 0 amide bonds. The van der Waals surface area contributed by atoms with E-state index in [2.05, 4.69) is 5.10 Å². The zero-order chi connectivity index (χ0) is 22.1. The number of hydrogen-bond acceptors (Lipinski definition) is 7. The second kappa shape index (κ2) is 8.31. The lowest BCUT2D eigenvalue weighted by Gasteiger charge is -2.12. The van der Waals surface area contributed by atoms with Crippen molar-refractivity contribution in [3.8, 4) is 22.1 Å². The van der Waals surface area contributed by atoms with Crippen LogP contribution in [0.3, 0.4) is 0 Å². The molecule has 8 heteroatoms. The molecule has 0 atom stereocenters. The molecule has 0 saturated heterocycles. The van der Waals surface area contributed by atoms with Crippen LogP contribution < -0.4 is 9.47 Å². The molecule has 0 aliphatic rings. The van der Waals surface area contributed by atoms with E-state index in [1.54, 1.807) is 35.1 Å². The third-order valence-corrected chi connectivity index (χ3v) is 5.71. The van der Waals surface area contributed by atoms with Gasteiger partial charge in [-0.15, -0.1) is 11.3 Å². The molecule has 0 fully saturated rings. The number of benzene rings is 1. The van der Waals surface area contributed by atoms with Crippen molar-refractivity contribution >= 4 is 34.1 Å². The summed E-state index contributed by atoms with van der Waals surface area (Å²) in [6.07, 6.45) is 1.63. The molecular formula is C23H21N3O4S. The van der Waals surface area contributed by atoms with Crippen molar-refractivity contribution in [1.82, 2.24) is 14.8 Å². The molecule has 0 unspecified atom stereocenters. The van der Waals surface area contributed by atoms with Gasteiger partial charge in [-0.3, -0.25) is 4.79 Å². The summed E-state index contributed by atoms with van der Waals surface area (Å²) in [5.41, 5.74) is 2.13. The number of methoxy groups -OCH3 is 1.